The Bertz CT molecular complexity index is 407. The summed E-state index contributed by atoms with van der Waals surface area (Å²) in [5, 5.41) is 4.09. The van der Waals surface area contributed by atoms with E-state index in [1.807, 2.05) is 0 Å². The molecule has 16 heavy (non-hydrogen) atoms. The van der Waals surface area contributed by atoms with Gasteiger partial charge in [-0.2, -0.15) is 5.10 Å². The zero-order chi connectivity index (χ0) is 11.5. The van der Waals surface area contributed by atoms with Crippen LogP contribution in [-0.4, -0.2) is 28.6 Å². The van der Waals surface area contributed by atoms with E-state index in [1.54, 1.807) is 17.8 Å². The maximum atomic E-state index is 11.5. The summed E-state index contributed by atoms with van der Waals surface area (Å²) in [5.74, 6) is 0.119. The Kier molecular flexibility index (Phi) is 3.03. The van der Waals surface area contributed by atoms with Gasteiger partial charge in [-0.25, -0.2) is 4.79 Å². The molecule has 0 saturated heterocycles. The zero-order valence-electron chi connectivity index (χ0n) is 9.18. The molecular formula is C11H14N2O3. The van der Waals surface area contributed by atoms with Crippen molar-refractivity contribution in [2.75, 3.05) is 6.61 Å². The molecule has 0 bridgehead atoms. The van der Waals surface area contributed by atoms with Crippen molar-refractivity contribution in [2.24, 2.45) is 5.92 Å². The van der Waals surface area contributed by atoms with Crippen molar-refractivity contribution >= 4 is 12.3 Å². The first-order chi connectivity index (χ1) is 7.74. The molecule has 1 aromatic heterocycles. The van der Waals surface area contributed by atoms with E-state index in [9.17, 15) is 9.59 Å². The van der Waals surface area contributed by atoms with E-state index in [0.29, 0.717) is 17.8 Å². The standard InChI is InChI=1S/C11H14N2O3/c1-2-16-11(15)10-9(7-14)6-13(12-10)5-8-3-4-8/h6-8H,2-5H2,1H3. The number of nitrogens with zero attached hydrogens (tertiary/aromatic N) is 2. The van der Waals surface area contributed by atoms with Gasteiger partial charge in [0.2, 0.25) is 0 Å². The van der Waals surface area contributed by atoms with Gasteiger partial charge in [0, 0.05) is 12.7 Å². The van der Waals surface area contributed by atoms with Gasteiger partial charge in [0.05, 0.1) is 12.2 Å². The lowest BCUT2D eigenvalue weighted by Crippen LogP contribution is -2.09. The molecule has 1 heterocycles. The second-order valence-corrected chi connectivity index (χ2v) is 3.94. The predicted octanol–water partition coefficient (Wildman–Crippen LogP) is 1.28. The minimum absolute atomic E-state index is 0.123. The van der Waals surface area contributed by atoms with Crippen LogP contribution in [0.3, 0.4) is 0 Å². The summed E-state index contributed by atoms with van der Waals surface area (Å²) in [4.78, 5) is 22.3. The van der Waals surface area contributed by atoms with Crippen LogP contribution in [0, 0.1) is 5.92 Å². The molecule has 5 nitrogen and oxygen atoms in total. The molecule has 1 aliphatic carbocycles. The first kappa shape index (κ1) is 10.9. The first-order valence-electron chi connectivity index (χ1n) is 5.44. The summed E-state index contributed by atoms with van der Waals surface area (Å²) < 4.78 is 6.49. The molecule has 1 aliphatic rings. The van der Waals surface area contributed by atoms with Crippen molar-refractivity contribution in [1.82, 2.24) is 9.78 Å². The van der Waals surface area contributed by atoms with Crippen molar-refractivity contribution in [3.63, 3.8) is 0 Å². The molecular weight excluding hydrogens is 208 g/mol. The Labute approximate surface area is 93.4 Å². The minimum atomic E-state index is -0.529. The smallest absolute Gasteiger partial charge is 0.359 e. The molecule has 0 spiro atoms. The number of carbonyl (C=O) groups excluding carboxylic acids is 2. The second-order valence-electron chi connectivity index (χ2n) is 3.94. The molecule has 2 rings (SSSR count). The molecule has 0 aliphatic heterocycles. The third-order valence-electron chi connectivity index (χ3n) is 2.53. The fourth-order valence-electron chi connectivity index (χ4n) is 1.54. The number of esters is 1. The summed E-state index contributed by atoms with van der Waals surface area (Å²) in [6, 6.07) is 0. The Morgan fingerprint density at radius 2 is 2.44 bits per heavy atom. The fourth-order valence-corrected chi connectivity index (χ4v) is 1.54. The van der Waals surface area contributed by atoms with Crippen LogP contribution >= 0.6 is 0 Å². The lowest BCUT2D eigenvalue weighted by Gasteiger charge is -1.98. The van der Waals surface area contributed by atoms with E-state index in [-0.39, 0.29) is 12.3 Å². The minimum Gasteiger partial charge on any atom is -0.461 e. The fraction of sp³-hybridized carbons (Fsp3) is 0.545. The van der Waals surface area contributed by atoms with Crippen LogP contribution in [0.2, 0.25) is 0 Å². The number of hydrogen-bond acceptors (Lipinski definition) is 4. The normalized spacial score (nSPS) is 14.8. The van der Waals surface area contributed by atoms with Crippen molar-refractivity contribution in [3.8, 4) is 0 Å². The highest BCUT2D eigenvalue weighted by atomic mass is 16.5. The highest BCUT2D eigenvalue weighted by Gasteiger charge is 2.24. The van der Waals surface area contributed by atoms with Crippen molar-refractivity contribution < 1.29 is 14.3 Å². The number of hydrogen-bond donors (Lipinski definition) is 0. The van der Waals surface area contributed by atoms with Gasteiger partial charge in [0.1, 0.15) is 0 Å². The maximum Gasteiger partial charge on any atom is 0.359 e. The van der Waals surface area contributed by atoms with Gasteiger partial charge in [-0.15, -0.1) is 0 Å². The summed E-state index contributed by atoms with van der Waals surface area (Å²) in [5.41, 5.74) is 0.427. The molecule has 5 heteroatoms. The number of aromatic nitrogens is 2. The van der Waals surface area contributed by atoms with E-state index in [4.69, 9.17) is 4.74 Å². The Balaban J connectivity index is 2.17. The van der Waals surface area contributed by atoms with E-state index in [1.165, 1.54) is 12.8 Å². The topological polar surface area (TPSA) is 61.2 Å². The average Bonchev–Trinajstić information content (AvgIpc) is 2.96. The molecule has 1 fully saturated rings. The molecule has 0 amide bonds. The molecule has 86 valence electrons. The third-order valence-corrected chi connectivity index (χ3v) is 2.53. The average molecular weight is 222 g/mol. The van der Waals surface area contributed by atoms with Crippen LogP contribution in [0.1, 0.15) is 40.6 Å². The quantitative estimate of drug-likeness (QED) is 0.556. The summed E-state index contributed by atoms with van der Waals surface area (Å²) in [6.07, 6.45) is 4.65. The molecule has 0 radical (unpaired) electrons. The Morgan fingerprint density at radius 1 is 1.69 bits per heavy atom. The van der Waals surface area contributed by atoms with Gasteiger partial charge in [-0.05, 0) is 25.7 Å². The molecule has 1 saturated carbocycles. The summed E-state index contributed by atoms with van der Waals surface area (Å²) in [6.45, 7) is 2.78. The van der Waals surface area contributed by atoms with Crippen LogP contribution in [-0.2, 0) is 11.3 Å². The third kappa shape index (κ3) is 2.29. The van der Waals surface area contributed by atoms with E-state index >= 15 is 0 Å². The van der Waals surface area contributed by atoms with Crippen LogP contribution in [0.15, 0.2) is 6.20 Å². The van der Waals surface area contributed by atoms with Gasteiger partial charge in [0.25, 0.3) is 0 Å². The van der Waals surface area contributed by atoms with Gasteiger partial charge in [-0.3, -0.25) is 9.48 Å². The molecule has 1 aromatic rings. The Morgan fingerprint density at radius 3 is 3.00 bits per heavy atom. The molecule has 0 unspecified atom stereocenters. The summed E-state index contributed by atoms with van der Waals surface area (Å²) >= 11 is 0. The highest BCUT2D eigenvalue weighted by Crippen LogP contribution is 2.30. The number of carbonyl (C=O) groups is 2. The van der Waals surface area contributed by atoms with Gasteiger partial charge >= 0.3 is 5.97 Å². The van der Waals surface area contributed by atoms with E-state index in [2.05, 4.69) is 5.10 Å². The van der Waals surface area contributed by atoms with Gasteiger partial charge < -0.3 is 4.74 Å². The maximum absolute atomic E-state index is 11.5. The molecule has 0 aromatic carbocycles. The van der Waals surface area contributed by atoms with Crippen molar-refractivity contribution in [2.45, 2.75) is 26.3 Å². The van der Waals surface area contributed by atoms with Crippen LogP contribution in [0.25, 0.3) is 0 Å². The van der Waals surface area contributed by atoms with Crippen LogP contribution in [0.4, 0.5) is 0 Å². The predicted molar refractivity (Wildman–Crippen MR) is 56.3 cm³/mol. The number of ether oxygens (including phenoxy) is 1. The highest BCUT2D eigenvalue weighted by molar-refractivity contribution is 5.96. The lowest BCUT2D eigenvalue weighted by molar-refractivity contribution is 0.0516. The molecule has 0 atom stereocenters. The second kappa shape index (κ2) is 4.47. The van der Waals surface area contributed by atoms with Gasteiger partial charge in [0.15, 0.2) is 12.0 Å². The molecule has 0 N–H and O–H groups in total. The van der Waals surface area contributed by atoms with Gasteiger partial charge in [-0.1, -0.05) is 0 Å². The van der Waals surface area contributed by atoms with Crippen molar-refractivity contribution in [3.05, 3.63) is 17.5 Å². The van der Waals surface area contributed by atoms with Crippen LogP contribution < -0.4 is 0 Å². The Hall–Kier alpha value is -1.65. The van der Waals surface area contributed by atoms with E-state index in [0.717, 1.165) is 6.54 Å². The van der Waals surface area contributed by atoms with E-state index < -0.39 is 5.97 Å². The van der Waals surface area contributed by atoms with Crippen LogP contribution in [0.5, 0.6) is 0 Å². The zero-order valence-corrected chi connectivity index (χ0v) is 9.18. The lowest BCUT2D eigenvalue weighted by atomic mass is 10.3. The van der Waals surface area contributed by atoms with Crippen molar-refractivity contribution in [1.29, 1.82) is 0 Å². The SMILES string of the molecule is CCOC(=O)c1nn(CC2CC2)cc1C=O. The number of rotatable bonds is 5. The number of aldehydes is 1. The summed E-state index contributed by atoms with van der Waals surface area (Å²) in [7, 11) is 0. The largest absolute Gasteiger partial charge is 0.461 e. The monoisotopic (exact) mass is 222 g/mol. The first-order valence-corrected chi connectivity index (χ1v) is 5.44.